The minimum absolute atomic E-state index is 0.177. The molecule has 3 saturated heterocycles. The Morgan fingerprint density at radius 2 is 1.53 bits per heavy atom. The van der Waals surface area contributed by atoms with Crippen LogP contribution in [0.4, 0.5) is 0 Å². The van der Waals surface area contributed by atoms with Crippen molar-refractivity contribution < 1.29 is 33.2 Å². The SMILES string of the molecule is CCOc1ccc(CO[C@H]2[C@H]3OC4(CCCCC4)O[C@@H]3O[C@@H]2[C@@H]2COC3(CCCCC3)O2)cc1. The lowest BCUT2D eigenvalue weighted by molar-refractivity contribution is -0.263. The molecule has 34 heavy (non-hydrogen) atoms. The quantitative estimate of drug-likeness (QED) is 0.584. The molecule has 0 unspecified atom stereocenters. The van der Waals surface area contributed by atoms with E-state index < -0.39 is 17.9 Å². The first-order chi connectivity index (χ1) is 16.7. The molecular formula is C27H38O7. The first-order valence-corrected chi connectivity index (χ1v) is 13.3. The largest absolute Gasteiger partial charge is 0.494 e. The minimum atomic E-state index is -0.517. The standard InChI is InChI=1S/C27H38O7/c1-2-28-20-11-9-19(10-12-20)17-29-23-22(21-18-30-26(32-21)13-5-3-6-14-26)31-25-24(23)33-27(34-25)15-7-4-8-16-27/h9-12,21-25H,2-8,13-18H2,1H3/t21-,22+,23+,24+,25-/m0/s1. The summed E-state index contributed by atoms with van der Waals surface area (Å²) in [5.74, 6) is -0.0956. The van der Waals surface area contributed by atoms with Crippen molar-refractivity contribution in [3.63, 3.8) is 0 Å². The van der Waals surface area contributed by atoms with E-state index in [1.807, 2.05) is 31.2 Å². The van der Waals surface area contributed by atoms with Crippen molar-refractivity contribution in [2.24, 2.45) is 0 Å². The molecule has 7 heteroatoms. The summed E-state index contributed by atoms with van der Waals surface area (Å²) in [6, 6.07) is 8.07. The third kappa shape index (κ3) is 4.51. The van der Waals surface area contributed by atoms with Gasteiger partial charge in [-0.25, -0.2) is 0 Å². The Morgan fingerprint density at radius 3 is 2.24 bits per heavy atom. The fourth-order valence-electron chi connectivity index (χ4n) is 6.30. The highest BCUT2D eigenvalue weighted by Gasteiger charge is 2.61. The van der Waals surface area contributed by atoms with Crippen LogP contribution in [0.3, 0.4) is 0 Å². The van der Waals surface area contributed by atoms with Crippen LogP contribution in [0.2, 0.25) is 0 Å². The molecule has 0 amide bonds. The zero-order chi connectivity index (χ0) is 23.0. The maximum Gasteiger partial charge on any atom is 0.190 e. The van der Waals surface area contributed by atoms with Gasteiger partial charge in [-0.2, -0.15) is 0 Å². The maximum absolute atomic E-state index is 6.60. The van der Waals surface area contributed by atoms with Gasteiger partial charge in [0.15, 0.2) is 17.9 Å². The topological polar surface area (TPSA) is 64.6 Å². The third-order valence-corrected chi connectivity index (χ3v) is 8.04. The van der Waals surface area contributed by atoms with Crippen LogP contribution in [-0.4, -0.2) is 55.5 Å². The number of hydrogen-bond acceptors (Lipinski definition) is 7. The van der Waals surface area contributed by atoms with Crippen molar-refractivity contribution in [3.05, 3.63) is 29.8 Å². The van der Waals surface area contributed by atoms with Crippen molar-refractivity contribution >= 4 is 0 Å². The minimum Gasteiger partial charge on any atom is -0.494 e. The van der Waals surface area contributed by atoms with Crippen molar-refractivity contribution in [2.45, 2.75) is 120 Å². The molecule has 2 aliphatic carbocycles. The summed E-state index contributed by atoms with van der Waals surface area (Å²) in [6.07, 6.45) is 9.40. The van der Waals surface area contributed by atoms with Gasteiger partial charge in [-0.15, -0.1) is 0 Å². The fraction of sp³-hybridized carbons (Fsp3) is 0.778. The molecule has 5 atom stereocenters. The van der Waals surface area contributed by atoms with Gasteiger partial charge >= 0.3 is 0 Å². The van der Waals surface area contributed by atoms with E-state index in [9.17, 15) is 0 Å². The zero-order valence-corrected chi connectivity index (χ0v) is 20.2. The van der Waals surface area contributed by atoms with E-state index in [-0.39, 0.29) is 24.4 Å². The second-order valence-electron chi connectivity index (χ2n) is 10.4. The van der Waals surface area contributed by atoms with Crippen molar-refractivity contribution in [2.75, 3.05) is 13.2 Å². The summed E-state index contributed by atoms with van der Waals surface area (Å²) in [5.41, 5.74) is 1.09. The molecular weight excluding hydrogens is 436 g/mol. The summed E-state index contributed by atoms with van der Waals surface area (Å²) < 4.78 is 44.4. The summed E-state index contributed by atoms with van der Waals surface area (Å²) in [4.78, 5) is 0. The van der Waals surface area contributed by atoms with Gasteiger partial charge in [0.25, 0.3) is 0 Å². The molecule has 0 aromatic heterocycles. The van der Waals surface area contributed by atoms with Crippen molar-refractivity contribution in [3.8, 4) is 5.75 Å². The number of fused-ring (bicyclic) bond motifs is 1. The van der Waals surface area contributed by atoms with Gasteiger partial charge in [-0.05, 0) is 50.3 Å². The molecule has 5 fully saturated rings. The van der Waals surface area contributed by atoms with Crippen LogP contribution in [0.5, 0.6) is 5.75 Å². The van der Waals surface area contributed by atoms with Crippen molar-refractivity contribution in [1.82, 2.24) is 0 Å². The first kappa shape index (κ1) is 23.2. The van der Waals surface area contributed by atoms with E-state index in [0.717, 1.165) is 62.7 Å². The number of ether oxygens (including phenoxy) is 7. The Hall–Kier alpha value is -1.22. The van der Waals surface area contributed by atoms with Crippen LogP contribution >= 0.6 is 0 Å². The number of hydrogen-bond donors (Lipinski definition) is 0. The smallest absolute Gasteiger partial charge is 0.190 e. The molecule has 0 N–H and O–H groups in total. The van der Waals surface area contributed by atoms with Gasteiger partial charge in [0.05, 0.1) is 19.8 Å². The Bertz CT molecular complexity index is 815. The van der Waals surface area contributed by atoms with Gasteiger partial charge in [0.1, 0.15) is 30.2 Å². The van der Waals surface area contributed by atoms with Crippen LogP contribution in [0.25, 0.3) is 0 Å². The summed E-state index contributed by atoms with van der Waals surface area (Å²) >= 11 is 0. The van der Waals surface area contributed by atoms with Gasteiger partial charge in [-0.1, -0.05) is 25.0 Å². The molecule has 0 radical (unpaired) electrons. The summed E-state index contributed by atoms with van der Waals surface area (Å²) in [5, 5.41) is 0. The van der Waals surface area contributed by atoms with Gasteiger partial charge in [0, 0.05) is 25.7 Å². The predicted octanol–water partition coefficient (Wildman–Crippen LogP) is 4.85. The van der Waals surface area contributed by atoms with Crippen molar-refractivity contribution in [1.29, 1.82) is 0 Å². The first-order valence-electron chi connectivity index (χ1n) is 13.3. The Labute approximate surface area is 202 Å². The highest BCUT2D eigenvalue weighted by molar-refractivity contribution is 5.26. The second-order valence-corrected chi connectivity index (χ2v) is 10.4. The summed E-state index contributed by atoms with van der Waals surface area (Å²) in [7, 11) is 0. The Balaban J connectivity index is 1.17. The normalized spacial score (nSPS) is 36.2. The van der Waals surface area contributed by atoms with E-state index in [1.165, 1.54) is 12.8 Å². The summed E-state index contributed by atoms with van der Waals surface area (Å²) in [6.45, 7) is 3.64. The third-order valence-electron chi connectivity index (χ3n) is 8.04. The van der Waals surface area contributed by atoms with Gasteiger partial charge in [0.2, 0.25) is 0 Å². The Kier molecular flexibility index (Phi) is 6.60. The maximum atomic E-state index is 6.60. The van der Waals surface area contributed by atoms with E-state index in [4.69, 9.17) is 33.2 Å². The van der Waals surface area contributed by atoms with Crippen LogP contribution in [0.1, 0.15) is 76.7 Å². The number of rotatable bonds is 6. The average Bonchev–Trinajstić information content (AvgIpc) is 3.51. The molecule has 188 valence electrons. The van der Waals surface area contributed by atoms with E-state index in [1.54, 1.807) is 0 Å². The highest BCUT2D eigenvalue weighted by atomic mass is 16.9. The molecule has 5 aliphatic rings. The molecule has 3 aliphatic heterocycles. The molecule has 2 saturated carbocycles. The van der Waals surface area contributed by atoms with E-state index in [2.05, 4.69) is 0 Å². The highest BCUT2D eigenvalue weighted by Crippen LogP contribution is 2.48. The lowest BCUT2D eigenvalue weighted by Crippen LogP contribution is -2.45. The lowest BCUT2D eigenvalue weighted by Gasteiger charge is -2.35. The molecule has 7 nitrogen and oxygen atoms in total. The predicted molar refractivity (Wildman–Crippen MR) is 123 cm³/mol. The average molecular weight is 475 g/mol. The molecule has 1 aromatic rings. The lowest BCUT2D eigenvalue weighted by atomic mass is 9.94. The van der Waals surface area contributed by atoms with E-state index >= 15 is 0 Å². The molecule has 3 heterocycles. The van der Waals surface area contributed by atoms with Crippen LogP contribution in [0.15, 0.2) is 24.3 Å². The molecule has 2 spiro atoms. The molecule has 6 rings (SSSR count). The zero-order valence-electron chi connectivity index (χ0n) is 20.2. The number of benzene rings is 1. The molecule has 0 bridgehead atoms. The van der Waals surface area contributed by atoms with E-state index in [0.29, 0.717) is 19.8 Å². The monoisotopic (exact) mass is 474 g/mol. The second kappa shape index (κ2) is 9.68. The van der Waals surface area contributed by atoms with Gasteiger partial charge < -0.3 is 33.2 Å². The Morgan fingerprint density at radius 1 is 0.824 bits per heavy atom. The van der Waals surface area contributed by atoms with Crippen LogP contribution < -0.4 is 4.74 Å². The van der Waals surface area contributed by atoms with Gasteiger partial charge in [-0.3, -0.25) is 0 Å². The molecule has 1 aromatic carbocycles. The van der Waals surface area contributed by atoms with Crippen LogP contribution in [0, 0.1) is 0 Å². The fourth-order valence-corrected chi connectivity index (χ4v) is 6.30. The van der Waals surface area contributed by atoms with Crippen LogP contribution in [-0.2, 0) is 35.0 Å².